The minimum Gasteiger partial charge on any atom is -0.449 e. The van der Waals surface area contributed by atoms with Crippen molar-refractivity contribution in [1.82, 2.24) is 5.32 Å². The van der Waals surface area contributed by atoms with Crippen LogP contribution in [0.5, 0.6) is 0 Å². The Morgan fingerprint density at radius 1 is 0.512 bits per heavy atom. The van der Waals surface area contributed by atoms with Gasteiger partial charge in [-0.05, 0) is 6.42 Å². The van der Waals surface area contributed by atoms with Gasteiger partial charge < -0.3 is 58.4 Å². The van der Waals surface area contributed by atoms with Gasteiger partial charge in [-0.1, -0.05) is 28.5 Å². The summed E-state index contributed by atoms with van der Waals surface area (Å²) in [5.74, 6) is 1.35. The first-order chi connectivity index (χ1) is 21.2. The van der Waals surface area contributed by atoms with Crippen molar-refractivity contribution in [2.45, 2.75) is 19.8 Å². The number of nitrogens with one attached hydrogen (secondary N) is 1. The van der Waals surface area contributed by atoms with E-state index in [0.29, 0.717) is 131 Å². The Hall–Kier alpha value is -0.920. The van der Waals surface area contributed by atoms with Crippen LogP contribution in [0.1, 0.15) is 19.8 Å². The van der Waals surface area contributed by atoms with Crippen LogP contribution < -0.4 is 11.1 Å². The topological polar surface area (TPSA) is 164 Å². The zero-order valence-corrected chi connectivity index (χ0v) is 27.4. The highest BCUT2D eigenvalue weighted by Crippen LogP contribution is 2.19. The van der Waals surface area contributed by atoms with Gasteiger partial charge in [0.1, 0.15) is 6.61 Å². The zero-order chi connectivity index (χ0) is 31.3. The number of primary amides is 1. The molecule has 0 aromatic rings. The molecule has 2 amide bonds. The second-order valence-electron chi connectivity index (χ2n) is 8.42. The minimum atomic E-state index is -0.768. The van der Waals surface area contributed by atoms with E-state index in [9.17, 15) is 9.59 Å². The molecule has 0 saturated heterocycles. The van der Waals surface area contributed by atoms with Crippen molar-refractivity contribution in [2.75, 3.05) is 144 Å². The molecule has 0 unspecified atom stereocenters. The van der Waals surface area contributed by atoms with Crippen LogP contribution >= 0.6 is 21.6 Å². The molecule has 0 radical (unpaired) electrons. The van der Waals surface area contributed by atoms with Gasteiger partial charge in [-0.2, -0.15) is 0 Å². The number of nitrogens with two attached hydrogens (primary N) is 1. The lowest BCUT2D eigenvalue weighted by molar-refractivity contribution is -0.122. The summed E-state index contributed by atoms with van der Waals surface area (Å²) < 4.78 is 53.4. The molecule has 0 aliphatic carbocycles. The van der Waals surface area contributed by atoms with Gasteiger partial charge in [-0.3, -0.25) is 4.79 Å². The molecule has 0 saturated carbocycles. The van der Waals surface area contributed by atoms with Gasteiger partial charge in [0.2, 0.25) is 5.91 Å². The Kier molecular flexibility index (Phi) is 36.5. The molecule has 0 atom stereocenters. The van der Waals surface area contributed by atoms with Crippen LogP contribution in [-0.2, 0) is 52.2 Å². The molecule has 256 valence electrons. The lowest BCUT2D eigenvalue weighted by atomic mass is 10.4. The van der Waals surface area contributed by atoms with E-state index in [1.807, 2.05) is 0 Å². The lowest BCUT2D eigenvalue weighted by Crippen LogP contribution is -2.26. The largest absolute Gasteiger partial charge is 0.449 e. The van der Waals surface area contributed by atoms with E-state index >= 15 is 0 Å². The van der Waals surface area contributed by atoms with Crippen molar-refractivity contribution in [3.05, 3.63) is 0 Å². The monoisotopic (exact) mass is 662 g/mol. The fourth-order valence-corrected chi connectivity index (χ4v) is 4.52. The fraction of sp³-hybridized carbons (Fsp3) is 0.926. The number of hydrogen-bond acceptors (Lipinski definition) is 14. The maximum Gasteiger partial charge on any atom is 0.404 e. The second-order valence-corrected chi connectivity index (χ2v) is 11.1. The highest BCUT2D eigenvalue weighted by atomic mass is 33.1. The van der Waals surface area contributed by atoms with Gasteiger partial charge >= 0.3 is 6.09 Å². The molecule has 0 heterocycles. The van der Waals surface area contributed by atoms with E-state index in [0.717, 1.165) is 18.8 Å². The minimum absolute atomic E-state index is 0.0566. The van der Waals surface area contributed by atoms with Crippen LogP contribution in [0.2, 0.25) is 0 Å². The molecule has 0 aromatic carbocycles. The zero-order valence-electron chi connectivity index (χ0n) is 25.8. The third-order valence-electron chi connectivity index (χ3n) is 4.80. The first-order valence-corrected chi connectivity index (χ1v) is 17.3. The van der Waals surface area contributed by atoms with Crippen molar-refractivity contribution in [3.63, 3.8) is 0 Å². The van der Waals surface area contributed by atoms with Crippen LogP contribution in [-0.4, -0.2) is 156 Å². The van der Waals surface area contributed by atoms with Crippen LogP contribution in [0, 0.1) is 0 Å². The summed E-state index contributed by atoms with van der Waals surface area (Å²) >= 11 is 0. The van der Waals surface area contributed by atoms with Gasteiger partial charge in [0.05, 0.1) is 112 Å². The molecule has 0 aliphatic rings. The van der Waals surface area contributed by atoms with Crippen LogP contribution in [0.4, 0.5) is 4.79 Å². The molecule has 0 spiro atoms. The first kappa shape index (κ1) is 42.1. The maximum absolute atomic E-state index is 11.7. The van der Waals surface area contributed by atoms with Gasteiger partial charge in [-0.25, -0.2) is 4.79 Å². The fourth-order valence-electron chi connectivity index (χ4n) is 2.79. The summed E-state index contributed by atoms with van der Waals surface area (Å²) in [6.07, 6.45) is 0.551. The number of ether oxygens (including phenoxy) is 10. The van der Waals surface area contributed by atoms with Crippen molar-refractivity contribution in [2.24, 2.45) is 5.73 Å². The molecule has 0 fully saturated rings. The summed E-state index contributed by atoms with van der Waals surface area (Å²) in [5.41, 5.74) is 4.87. The van der Waals surface area contributed by atoms with Gasteiger partial charge in [-0.15, -0.1) is 0 Å². The van der Waals surface area contributed by atoms with E-state index in [1.165, 1.54) is 0 Å². The van der Waals surface area contributed by atoms with Gasteiger partial charge in [0, 0.05) is 31.1 Å². The summed E-state index contributed by atoms with van der Waals surface area (Å²) in [4.78, 5) is 22.2. The number of carbonyl (C=O) groups is 2. The quantitative estimate of drug-likeness (QED) is 0.0733. The number of hydrogen-bond donors (Lipinski definition) is 2. The Labute approximate surface area is 264 Å². The predicted octanol–water partition coefficient (Wildman–Crippen LogP) is 1.53. The van der Waals surface area contributed by atoms with Crippen molar-refractivity contribution >= 4 is 33.6 Å². The summed E-state index contributed by atoms with van der Waals surface area (Å²) in [5, 5.41) is 2.83. The van der Waals surface area contributed by atoms with Crippen LogP contribution in [0.3, 0.4) is 0 Å². The normalized spacial score (nSPS) is 11.2. The molecule has 0 aliphatic heterocycles. The van der Waals surface area contributed by atoms with Crippen LogP contribution in [0.25, 0.3) is 0 Å². The SMILES string of the molecule is CCCOCCOCCOCCOCCOCCOCCOCCOCCOCCC(=O)NCCSSCCOC(N)=O. The Morgan fingerprint density at radius 3 is 1.23 bits per heavy atom. The Morgan fingerprint density at radius 2 is 0.860 bits per heavy atom. The van der Waals surface area contributed by atoms with E-state index in [1.54, 1.807) is 21.6 Å². The molecule has 0 rings (SSSR count). The highest BCUT2D eigenvalue weighted by molar-refractivity contribution is 8.76. The van der Waals surface area contributed by atoms with Crippen molar-refractivity contribution < 1.29 is 57.0 Å². The lowest BCUT2D eigenvalue weighted by Gasteiger charge is -2.09. The average molecular weight is 663 g/mol. The third-order valence-corrected chi connectivity index (χ3v) is 7.17. The molecular formula is C27H54N2O12S2. The smallest absolute Gasteiger partial charge is 0.404 e. The summed E-state index contributed by atoms with van der Waals surface area (Å²) in [6, 6.07) is 0. The Bertz CT molecular complexity index is 600. The molecule has 14 nitrogen and oxygen atoms in total. The molecule has 3 N–H and O–H groups in total. The standard InChI is InChI=1S/C27H54N2O12S2/c1-2-5-32-7-9-34-11-13-36-15-17-38-19-21-40-22-20-39-18-16-37-14-12-35-10-8-33-6-3-26(30)29-4-24-42-43-25-23-41-27(28)31/h2-25H2,1H3,(H2,28,31)(H,29,30). The molecule has 0 bridgehead atoms. The molecule has 0 aromatic heterocycles. The average Bonchev–Trinajstić information content (AvgIpc) is 2.99. The summed E-state index contributed by atoms with van der Waals surface area (Å²) in [6.45, 7) is 12.2. The number of carbonyl (C=O) groups excluding carboxylic acids is 2. The van der Waals surface area contributed by atoms with E-state index < -0.39 is 6.09 Å². The second kappa shape index (κ2) is 37.3. The highest BCUT2D eigenvalue weighted by Gasteiger charge is 2.01. The molecule has 16 heteroatoms. The van der Waals surface area contributed by atoms with Crippen molar-refractivity contribution in [3.8, 4) is 0 Å². The van der Waals surface area contributed by atoms with Crippen LogP contribution in [0.15, 0.2) is 0 Å². The van der Waals surface area contributed by atoms with Crippen molar-refractivity contribution in [1.29, 1.82) is 0 Å². The van der Waals surface area contributed by atoms with E-state index in [-0.39, 0.29) is 12.5 Å². The number of rotatable bonds is 36. The Balaban J connectivity index is 3.12. The molecule has 43 heavy (non-hydrogen) atoms. The summed E-state index contributed by atoms with van der Waals surface area (Å²) in [7, 11) is 3.15. The maximum atomic E-state index is 11.7. The van der Waals surface area contributed by atoms with E-state index in [2.05, 4.69) is 17.0 Å². The van der Waals surface area contributed by atoms with Gasteiger partial charge in [0.25, 0.3) is 0 Å². The van der Waals surface area contributed by atoms with Gasteiger partial charge in [0.15, 0.2) is 0 Å². The van der Waals surface area contributed by atoms with E-state index in [4.69, 9.17) is 48.4 Å². The molecular weight excluding hydrogens is 608 g/mol. The number of amides is 2. The first-order valence-electron chi connectivity index (χ1n) is 14.8. The third kappa shape index (κ3) is 39.1. The predicted molar refractivity (Wildman–Crippen MR) is 166 cm³/mol.